The summed E-state index contributed by atoms with van der Waals surface area (Å²) in [5, 5.41) is 1.58. The molecular weight excluding hydrogens is 298 g/mol. The van der Waals surface area contributed by atoms with E-state index in [4.69, 9.17) is 4.74 Å². The number of ether oxygens (including phenoxy) is 1. The molecule has 22 heavy (non-hydrogen) atoms. The van der Waals surface area contributed by atoms with Crippen molar-refractivity contribution in [2.45, 2.75) is 44.3 Å². The van der Waals surface area contributed by atoms with Gasteiger partial charge in [0.1, 0.15) is 11.0 Å². The average molecular weight is 319 g/mol. The highest BCUT2D eigenvalue weighted by molar-refractivity contribution is 8.15. The van der Waals surface area contributed by atoms with Crippen LogP contribution in [0.1, 0.15) is 49.8 Å². The van der Waals surface area contributed by atoms with Crippen molar-refractivity contribution in [2.75, 3.05) is 6.61 Å². The Morgan fingerprint density at radius 3 is 2.73 bits per heavy atom. The summed E-state index contributed by atoms with van der Waals surface area (Å²) in [5.74, 6) is 0.531. The summed E-state index contributed by atoms with van der Waals surface area (Å²) >= 11 is 1.03. The number of carbonyl (C=O) groups is 2. The van der Waals surface area contributed by atoms with Crippen molar-refractivity contribution < 1.29 is 14.3 Å². The van der Waals surface area contributed by atoms with Crippen molar-refractivity contribution in [3.63, 3.8) is 0 Å². The molecule has 118 valence electrons. The second-order valence-electron chi connectivity index (χ2n) is 6.51. The zero-order valence-electron chi connectivity index (χ0n) is 12.8. The SMILES string of the molecule is CC1(COc2cccc([C@H]3SC(=O)NC3=O)c2)CCCCC1. The van der Waals surface area contributed by atoms with Gasteiger partial charge in [-0.1, -0.05) is 38.3 Å². The highest BCUT2D eigenvalue weighted by Gasteiger charge is 2.33. The number of imide groups is 1. The molecule has 0 bridgehead atoms. The van der Waals surface area contributed by atoms with E-state index < -0.39 is 5.25 Å². The van der Waals surface area contributed by atoms with Crippen LogP contribution in [0.4, 0.5) is 4.79 Å². The third-order valence-electron chi connectivity index (χ3n) is 4.50. The predicted octanol–water partition coefficient (Wildman–Crippen LogP) is 4.06. The zero-order chi connectivity index (χ0) is 15.6. The lowest BCUT2D eigenvalue weighted by molar-refractivity contribution is -0.119. The van der Waals surface area contributed by atoms with Crippen LogP contribution in [0.15, 0.2) is 24.3 Å². The Labute approximate surface area is 135 Å². The average Bonchev–Trinajstić information content (AvgIpc) is 2.85. The van der Waals surface area contributed by atoms with Gasteiger partial charge < -0.3 is 4.74 Å². The predicted molar refractivity (Wildman–Crippen MR) is 87.0 cm³/mol. The smallest absolute Gasteiger partial charge is 0.286 e. The Balaban J connectivity index is 1.66. The maximum atomic E-state index is 11.8. The van der Waals surface area contributed by atoms with Crippen molar-refractivity contribution in [3.05, 3.63) is 29.8 Å². The van der Waals surface area contributed by atoms with E-state index in [1.54, 1.807) is 0 Å². The molecule has 1 aliphatic heterocycles. The summed E-state index contributed by atoms with van der Waals surface area (Å²) in [6.45, 7) is 2.99. The van der Waals surface area contributed by atoms with Crippen LogP contribution in [0.5, 0.6) is 5.75 Å². The van der Waals surface area contributed by atoms with Crippen LogP contribution in [0.25, 0.3) is 0 Å². The molecule has 2 fully saturated rings. The summed E-state index contributed by atoms with van der Waals surface area (Å²) in [5.41, 5.74) is 1.07. The first-order chi connectivity index (χ1) is 10.6. The Hall–Kier alpha value is -1.49. The number of rotatable bonds is 4. The summed E-state index contributed by atoms with van der Waals surface area (Å²) < 4.78 is 5.98. The zero-order valence-corrected chi connectivity index (χ0v) is 13.6. The molecule has 1 aromatic carbocycles. The number of nitrogens with one attached hydrogen (secondary N) is 1. The number of amides is 2. The molecule has 1 N–H and O–H groups in total. The Bertz CT molecular complexity index is 581. The van der Waals surface area contributed by atoms with Gasteiger partial charge in [0.2, 0.25) is 5.91 Å². The molecule has 3 rings (SSSR count). The van der Waals surface area contributed by atoms with Gasteiger partial charge in [0.05, 0.1) is 6.61 Å². The lowest BCUT2D eigenvalue weighted by atomic mass is 9.76. The van der Waals surface area contributed by atoms with E-state index in [1.165, 1.54) is 32.1 Å². The van der Waals surface area contributed by atoms with Gasteiger partial charge in [-0.05, 0) is 42.3 Å². The fourth-order valence-electron chi connectivity index (χ4n) is 3.15. The van der Waals surface area contributed by atoms with Gasteiger partial charge in [0.25, 0.3) is 5.24 Å². The number of hydrogen-bond donors (Lipinski definition) is 1. The van der Waals surface area contributed by atoms with Crippen molar-refractivity contribution in [1.29, 1.82) is 0 Å². The van der Waals surface area contributed by atoms with Gasteiger partial charge in [-0.2, -0.15) is 0 Å². The molecule has 1 saturated carbocycles. The normalized spacial score (nSPS) is 24.1. The molecule has 1 atom stereocenters. The quantitative estimate of drug-likeness (QED) is 0.909. The third kappa shape index (κ3) is 3.46. The van der Waals surface area contributed by atoms with Crippen molar-refractivity contribution >= 4 is 22.9 Å². The third-order valence-corrected chi connectivity index (χ3v) is 5.54. The minimum absolute atomic E-state index is 0.244. The number of benzene rings is 1. The van der Waals surface area contributed by atoms with Crippen LogP contribution < -0.4 is 10.1 Å². The van der Waals surface area contributed by atoms with E-state index in [0.29, 0.717) is 6.61 Å². The molecule has 1 saturated heterocycles. The second kappa shape index (κ2) is 6.32. The van der Waals surface area contributed by atoms with Gasteiger partial charge in [-0.25, -0.2) is 0 Å². The fraction of sp³-hybridized carbons (Fsp3) is 0.529. The first-order valence-electron chi connectivity index (χ1n) is 7.80. The van der Waals surface area contributed by atoms with E-state index >= 15 is 0 Å². The first kappa shape index (κ1) is 15.4. The van der Waals surface area contributed by atoms with Gasteiger partial charge in [0, 0.05) is 5.41 Å². The summed E-state index contributed by atoms with van der Waals surface area (Å²) in [7, 11) is 0. The lowest BCUT2D eigenvalue weighted by Crippen LogP contribution is -2.27. The Morgan fingerprint density at radius 2 is 2.05 bits per heavy atom. The van der Waals surface area contributed by atoms with Gasteiger partial charge in [-0.15, -0.1) is 0 Å². The number of hydrogen-bond acceptors (Lipinski definition) is 4. The molecule has 0 unspecified atom stereocenters. The van der Waals surface area contributed by atoms with E-state index in [2.05, 4.69) is 12.2 Å². The van der Waals surface area contributed by atoms with Crippen molar-refractivity contribution in [2.24, 2.45) is 5.41 Å². The van der Waals surface area contributed by atoms with Gasteiger partial charge >= 0.3 is 0 Å². The molecule has 0 spiro atoms. The van der Waals surface area contributed by atoms with Crippen LogP contribution in [0.3, 0.4) is 0 Å². The highest BCUT2D eigenvalue weighted by atomic mass is 32.2. The Morgan fingerprint density at radius 1 is 1.27 bits per heavy atom. The topological polar surface area (TPSA) is 55.4 Å². The molecule has 4 nitrogen and oxygen atoms in total. The molecule has 1 aromatic rings. The van der Waals surface area contributed by atoms with Crippen LogP contribution in [0, 0.1) is 5.41 Å². The minimum atomic E-state index is -0.457. The minimum Gasteiger partial charge on any atom is -0.493 e. The molecular formula is C17H21NO3S. The van der Waals surface area contributed by atoms with Crippen molar-refractivity contribution in [3.8, 4) is 5.75 Å². The summed E-state index contributed by atoms with van der Waals surface area (Å²) in [4.78, 5) is 23.1. The molecule has 1 aliphatic carbocycles. The molecule has 1 heterocycles. The van der Waals surface area contributed by atoms with E-state index in [-0.39, 0.29) is 16.6 Å². The standard InChI is InChI=1S/C17H21NO3S/c1-17(8-3-2-4-9-17)11-21-13-7-5-6-12(10-13)14-15(19)18-16(20)22-14/h5-7,10,14H,2-4,8-9,11H2,1H3,(H,18,19,20)/t14-/m1/s1. The van der Waals surface area contributed by atoms with Crippen molar-refractivity contribution in [1.82, 2.24) is 5.32 Å². The Kier molecular flexibility index (Phi) is 4.43. The lowest BCUT2D eigenvalue weighted by Gasteiger charge is -2.33. The summed E-state index contributed by atoms with van der Waals surface area (Å²) in [6, 6.07) is 7.53. The number of carbonyl (C=O) groups excluding carboxylic acids is 2. The van der Waals surface area contributed by atoms with Gasteiger partial charge in [-0.3, -0.25) is 14.9 Å². The van der Waals surface area contributed by atoms with E-state index in [9.17, 15) is 9.59 Å². The van der Waals surface area contributed by atoms with E-state index in [1.807, 2.05) is 24.3 Å². The second-order valence-corrected chi connectivity index (χ2v) is 7.58. The van der Waals surface area contributed by atoms with Crippen LogP contribution in [-0.4, -0.2) is 17.8 Å². The fourth-order valence-corrected chi connectivity index (χ4v) is 3.97. The van der Waals surface area contributed by atoms with Crippen LogP contribution >= 0.6 is 11.8 Å². The molecule has 0 aromatic heterocycles. The van der Waals surface area contributed by atoms with Crippen LogP contribution in [-0.2, 0) is 4.79 Å². The molecule has 0 radical (unpaired) electrons. The maximum absolute atomic E-state index is 11.8. The molecule has 2 amide bonds. The molecule has 5 heteroatoms. The largest absolute Gasteiger partial charge is 0.493 e. The summed E-state index contributed by atoms with van der Waals surface area (Å²) in [6.07, 6.45) is 6.30. The van der Waals surface area contributed by atoms with Gasteiger partial charge in [0.15, 0.2) is 0 Å². The first-order valence-corrected chi connectivity index (χ1v) is 8.68. The number of thioether (sulfide) groups is 1. The van der Waals surface area contributed by atoms with Crippen LogP contribution in [0.2, 0.25) is 0 Å². The molecule has 2 aliphatic rings. The van der Waals surface area contributed by atoms with E-state index in [0.717, 1.165) is 23.1 Å². The highest BCUT2D eigenvalue weighted by Crippen LogP contribution is 2.38. The maximum Gasteiger partial charge on any atom is 0.286 e. The monoisotopic (exact) mass is 319 g/mol.